The third-order valence-corrected chi connectivity index (χ3v) is 6.87. The highest BCUT2D eigenvalue weighted by molar-refractivity contribution is 7.98. The summed E-state index contributed by atoms with van der Waals surface area (Å²) in [6.07, 6.45) is 1.78. The average molecular weight is 510 g/mol. The van der Waals surface area contributed by atoms with Crippen LogP contribution in [0.2, 0.25) is 15.1 Å². The van der Waals surface area contributed by atoms with Gasteiger partial charge in [0.15, 0.2) is 11.0 Å². The number of hydrogen-bond acceptors (Lipinski definition) is 4. The fourth-order valence-electron chi connectivity index (χ4n) is 3.11. The quantitative estimate of drug-likeness (QED) is 0.253. The summed E-state index contributed by atoms with van der Waals surface area (Å²) < 4.78 is 1.97. The van der Waals surface area contributed by atoms with Gasteiger partial charge in [-0.25, -0.2) is 0 Å². The molecular weight excluding hydrogens is 487 g/mol. The van der Waals surface area contributed by atoms with Crippen molar-refractivity contribution in [3.8, 4) is 0 Å². The molecule has 2 aromatic carbocycles. The summed E-state index contributed by atoms with van der Waals surface area (Å²) in [4.78, 5) is 12.9. The molecule has 3 rings (SSSR count). The first-order valence-electron chi connectivity index (χ1n) is 9.98. The Labute approximate surface area is 207 Å². The Morgan fingerprint density at radius 2 is 1.88 bits per heavy atom. The van der Waals surface area contributed by atoms with E-state index in [1.165, 1.54) is 11.8 Å². The molecule has 5 nitrogen and oxygen atoms in total. The van der Waals surface area contributed by atoms with E-state index in [9.17, 15) is 4.79 Å². The molecule has 0 aliphatic heterocycles. The molecule has 32 heavy (non-hydrogen) atoms. The van der Waals surface area contributed by atoms with Gasteiger partial charge >= 0.3 is 0 Å². The molecule has 0 saturated heterocycles. The van der Waals surface area contributed by atoms with Gasteiger partial charge in [-0.15, -0.1) is 16.8 Å². The summed E-state index contributed by atoms with van der Waals surface area (Å²) in [5.74, 6) is 1.12. The van der Waals surface area contributed by atoms with Crippen molar-refractivity contribution in [2.45, 2.75) is 37.3 Å². The Bertz CT molecular complexity index is 1120. The second kappa shape index (κ2) is 11.2. The summed E-state index contributed by atoms with van der Waals surface area (Å²) in [6, 6.07) is 12.1. The van der Waals surface area contributed by atoms with Gasteiger partial charge in [0.05, 0.1) is 26.7 Å². The normalized spacial score (nSPS) is 12.1. The van der Waals surface area contributed by atoms with Gasteiger partial charge in [0.2, 0.25) is 0 Å². The number of nitrogens with zero attached hydrogens (tertiary/aromatic N) is 3. The van der Waals surface area contributed by atoms with Crippen LogP contribution in [0.3, 0.4) is 0 Å². The van der Waals surface area contributed by atoms with Crippen LogP contribution in [0.25, 0.3) is 0 Å². The Hall–Kier alpha value is -1.99. The van der Waals surface area contributed by atoms with Crippen LogP contribution in [0.5, 0.6) is 0 Å². The van der Waals surface area contributed by atoms with Crippen LogP contribution < -0.4 is 5.32 Å². The van der Waals surface area contributed by atoms with Gasteiger partial charge < -0.3 is 9.88 Å². The number of carbonyl (C=O) groups is 1. The number of thioether (sulfide) groups is 1. The topological polar surface area (TPSA) is 59.8 Å². The van der Waals surface area contributed by atoms with Crippen LogP contribution in [0, 0.1) is 5.92 Å². The predicted octanol–water partition coefficient (Wildman–Crippen LogP) is 6.84. The van der Waals surface area contributed by atoms with Crippen molar-refractivity contribution in [3.63, 3.8) is 0 Å². The van der Waals surface area contributed by atoms with Crippen LogP contribution in [0.4, 0.5) is 0 Å². The van der Waals surface area contributed by atoms with E-state index in [1.54, 1.807) is 36.4 Å². The fourth-order valence-corrected chi connectivity index (χ4v) is 4.55. The van der Waals surface area contributed by atoms with Crippen molar-refractivity contribution in [1.29, 1.82) is 0 Å². The molecule has 0 spiro atoms. The minimum Gasteiger partial charge on any atom is -0.342 e. The maximum absolute atomic E-state index is 12.9. The molecule has 0 fully saturated rings. The fraction of sp³-hybridized carbons (Fsp3) is 0.261. The van der Waals surface area contributed by atoms with E-state index in [4.69, 9.17) is 34.8 Å². The molecule has 0 aliphatic rings. The van der Waals surface area contributed by atoms with E-state index in [0.29, 0.717) is 38.8 Å². The zero-order valence-corrected chi connectivity index (χ0v) is 20.8. The summed E-state index contributed by atoms with van der Waals surface area (Å²) >= 11 is 19.9. The van der Waals surface area contributed by atoms with Gasteiger partial charge in [-0.05, 0) is 35.7 Å². The van der Waals surface area contributed by atoms with Crippen LogP contribution in [0.15, 0.2) is 60.3 Å². The lowest BCUT2D eigenvalue weighted by atomic mass is 10.0. The average Bonchev–Trinajstić information content (AvgIpc) is 3.15. The minimum atomic E-state index is -0.356. The third kappa shape index (κ3) is 5.87. The maximum atomic E-state index is 12.9. The maximum Gasteiger partial charge on any atom is 0.253 e. The third-order valence-electron chi connectivity index (χ3n) is 4.76. The SMILES string of the molecule is C=CCn1c(SCc2ccc(Cl)c(Cl)c2)nnc1[C@@H](NC(=O)c1ccccc1Cl)C(C)C. The van der Waals surface area contributed by atoms with Crippen LogP contribution in [-0.4, -0.2) is 20.7 Å². The summed E-state index contributed by atoms with van der Waals surface area (Å²) in [7, 11) is 0. The lowest BCUT2D eigenvalue weighted by Gasteiger charge is -2.23. The van der Waals surface area contributed by atoms with Crippen molar-refractivity contribution in [3.05, 3.63) is 87.1 Å². The molecule has 1 N–H and O–H groups in total. The highest BCUT2D eigenvalue weighted by atomic mass is 35.5. The van der Waals surface area contributed by atoms with E-state index in [2.05, 4.69) is 22.1 Å². The number of aromatic nitrogens is 3. The van der Waals surface area contributed by atoms with E-state index in [-0.39, 0.29) is 17.9 Å². The Morgan fingerprint density at radius 1 is 1.12 bits per heavy atom. The van der Waals surface area contributed by atoms with Crippen molar-refractivity contribution in [2.75, 3.05) is 0 Å². The second-order valence-corrected chi connectivity index (χ2v) is 9.62. The highest BCUT2D eigenvalue weighted by Gasteiger charge is 2.26. The van der Waals surface area contributed by atoms with Gasteiger partial charge in [0.25, 0.3) is 5.91 Å². The van der Waals surface area contributed by atoms with Crippen LogP contribution in [0.1, 0.15) is 41.6 Å². The van der Waals surface area contributed by atoms with Gasteiger partial charge in [-0.1, -0.05) is 84.7 Å². The number of allylic oxidation sites excluding steroid dienone is 1. The summed E-state index contributed by atoms with van der Waals surface area (Å²) in [6.45, 7) is 8.41. The Morgan fingerprint density at radius 3 is 2.53 bits per heavy atom. The van der Waals surface area contributed by atoms with Gasteiger partial charge in [-0.3, -0.25) is 4.79 Å². The summed E-state index contributed by atoms with van der Waals surface area (Å²) in [5, 5.41) is 14.0. The Balaban J connectivity index is 1.85. The first-order valence-corrected chi connectivity index (χ1v) is 12.1. The van der Waals surface area contributed by atoms with Crippen molar-refractivity contribution in [2.24, 2.45) is 5.92 Å². The first-order chi connectivity index (χ1) is 15.3. The lowest BCUT2D eigenvalue weighted by molar-refractivity contribution is 0.0922. The van der Waals surface area contributed by atoms with E-state index in [0.717, 1.165) is 10.7 Å². The number of carbonyl (C=O) groups excluding carboxylic acids is 1. The van der Waals surface area contributed by atoms with Crippen molar-refractivity contribution >= 4 is 52.5 Å². The van der Waals surface area contributed by atoms with Crippen molar-refractivity contribution in [1.82, 2.24) is 20.1 Å². The number of benzene rings is 2. The zero-order valence-electron chi connectivity index (χ0n) is 17.7. The molecule has 0 aliphatic carbocycles. The number of halogens is 3. The Kier molecular flexibility index (Phi) is 8.65. The highest BCUT2D eigenvalue weighted by Crippen LogP contribution is 2.30. The number of nitrogens with one attached hydrogen (secondary N) is 1. The molecule has 0 radical (unpaired) electrons. The molecule has 0 saturated carbocycles. The molecule has 3 aromatic rings. The standard InChI is InChI=1S/C23H23Cl3N4OS/c1-4-11-30-21(20(14(2)3)27-22(31)16-7-5-6-8-17(16)24)28-29-23(30)32-13-15-9-10-18(25)19(26)12-15/h4-10,12,14,20H,1,11,13H2,2-3H3,(H,27,31)/t20-/m0/s1. The second-order valence-electron chi connectivity index (χ2n) is 7.45. The number of rotatable bonds is 9. The van der Waals surface area contributed by atoms with Gasteiger partial charge in [0.1, 0.15) is 0 Å². The first kappa shape index (κ1) is 24.6. The van der Waals surface area contributed by atoms with Crippen molar-refractivity contribution < 1.29 is 4.79 Å². The minimum absolute atomic E-state index is 0.0714. The van der Waals surface area contributed by atoms with Crippen LogP contribution in [-0.2, 0) is 12.3 Å². The zero-order chi connectivity index (χ0) is 23.3. The lowest BCUT2D eigenvalue weighted by Crippen LogP contribution is -2.34. The number of hydrogen-bond donors (Lipinski definition) is 1. The van der Waals surface area contributed by atoms with E-state index in [1.807, 2.05) is 30.5 Å². The predicted molar refractivity (Wildman–Crippen MR) is 133 cm³/mol. The van der Waals surface area contributed by atoms with E-state index >= 15 is 0 Å². The molecule has 9 heteroatoms. The number of amides is 1. The molecule has 0 bridgehead atoms. The molecule has 1 aromatic heterocycles. The molecule has 1 heterocycles. The van der Waals surface area contributed by atoms with Crippen LogP contribution >= 0.6 is 46.6 Å². The summed E-state index contributed by atoms with van der Waals surface area (Å²) in [5.41, 5.74) is 1.44. The molecule has 1 amide bonds. The van der Waals surface area contributed by atoms with Gasteiger partial charge in [0, 0.05) is 12.3 Å². The van der Waals surface area contributed by atoms with E-state index < -0.39 is 0 Å². The molecule has 0 unspecified atom stereocenters. The van der Waals surface area contributed by atoms with Gasteiger partial charge in [-0.2, -0.15) is 0 Å². The monoisotopic (exact) mass is 508 g/mol. The molecular formula is C23H23Cl3N4OS. The molecule has 1 atom stereocenters. The smallest absolute Gasteiger partial charge is 0.253 e. The molecule has 168 valence electrons. The largest absolute Gasteiger partial charge is 0.342 e.